The number of rotatable bonds is 33. The summed E-state index contributed by atoms with van der Waals surface area (Å²) < 4.78 is 5.48. The SMILES string of the molecule is CN[C@@H](C)C(=O)N[C@@H]1C(=O)N2[C@@H](CC[C@@H]1CNC(=O)COCC(=O)NCCCCCCCCNC(=O)[C@@H](NC(=O)[C@@H]1CC[C@@H]3CC[C@H](CNCc4ccccc4)[C@H](NC(=O)[C@H](C)NC)C(=O)N31)c1ccccc1)CC[C@H]2C(=O)NC(c1ccccc1)c1ccccc1. The Kier molecular flexibility index (Phi) is 27.1. The van der Waals surface area contributed by atoms with Gasteiger partial charge < -0.3 is 67.7 Å². The maximum absolute atomic E-state index is 14.7. The third-order valence-electron chi connectivity index (χ3n) is 18.6. The van der Waals surface area contributed by atoms with Crippen LogP contribution in [0.25, 0.3) is 0 Å². The smallest absolute Gasteiger partial charge is 0.247 e. The van der Waals surface area contributed by atoms with Crippen LogP contribution in [0.3, 0.4) is 0 Å². The Balaban J connectivity index is 0.726. The number of amides is 9. The summed E-state index contributed by atoms with van der Waals surface area (Å²) in [4.78, 5) is 128. The van der Waals surface area contributed by atoms with Crippen molar-refractivity contribution in [3.05, 3.63) is 144 Å². The molecular weight excluding hydrogens is 1170 g/mol. The third kappa shape index (κ3) is 19.5. The van der Waals surface area contributed by atoms with E-state index in [4.69, 9.17) is 4.74 Å². The van der Waals surface area contributed by atoms with Crippen molar-refractivity contribution in [2.75, 3.05) is 53.5 Å². The van der Waals surface area contributed by atoms with E-state index in [-0.39, 0.29) is 79.1 Å². The maximum Gasteiger partial charge on any atom is 0.247 e. The van der Waals surface area contributed by atoms with E-state index in [9.17, 15) is 43.2 Å². The first-order valence-electron chi connectivity index (χ1n) is 33.1. The van der Waals surface area contributed by atoms with Gasteiger partial charge in [0.1, 0.15) is 43.4 Å². The summed E-state index contributed by atoms with van der Waals surface area (Å²) in [6, 6.07) is 32.0. The second kappa shape index (κ2) is 35.7. The molecule has 4 aromatic rings. The number of benzene rings is 4. The van der Waals surface area contributed by atoms with Gasteiger partial charge in [0.25, 0.3) is 0 Å². The number of nitrogens with zero attached hydrogens (tertiary/aromatic N) is 2. The maximum atomic E-state index is 14.7. The fourth-order valence-corrected chi connectivity index (χ4v) is 13.2. The summed E-state index contributed by atoms with van der Waals surface area (Å²) in [6.45, 7) is 4.72. The van der Waals surface area contributed by atoms with Gasteiger partial charge in [-0.25, -0.2) is 0 Å². The molecule has 92 heavy (non-hydrogen) atoms. The number of nitrogens with one attached hydrogen (secondary N) is 10. The van der Waals surface area contributed by atoms with Gasteiger partial charge in [0.15, 0.2) is 0 Å². The number of carbonyl (C=O) groups is 9. The van der Waals surface area contributed by atoms with Crippen molar-refractivity contribution in [3.63, 3.8) is 0 Å². The minimum absolute atomic E-state index is 0.0632. The van der Waals surface area contributed by atoms with Crippen LogP contribution in [0.1, 0.15) is 138 Å². The van der Waals surface area contributed by atoms with Crippen LogP contribution in [0, 0.1) is 11.8 Å². The van der Waals surface area contributed by atoms with Crippen LogP contribution in [0.4, 0.5) is 0 Å². The molecular formula is C70H96N12O10. The molecule has 22 nitrogen and oxygen atoms in total. The van der Waals surface area contributed by atoms with E-state index in [2.05, 4.69) is 53.2 Å². The van der Waals surface area contributed by atoms with E-state index in [1.54, 1.807) is 49.9 Å². The fraction of sp³-hybridized carbons (Fsp3) is 0.529. The molecule has 4 aromatic carbocycles. The van der Waals surface area contributed by atoms with Crippen LogP contribution in [-0.2, 0) is 54.4 Å². The molecule has 0 bridgehead atoms. The van der Waals surface area contributed by atoms with Crippen LogP contribution in [0.15, 0.2) is 121 Å². The quantitative estimate of drug-likeness (QED) is 0.0303. The van der Waals surface area contributed by atoms with Crippen LogP contribution >= 0.6 is 0 Å². The fourth-order valence-electron chi connectivity index (χ4n) is 13.2. The predicted octanol–water partition coefficient (Wildman–Crippen LogP) is 3.97. The van der Waals surface area contributed by atoms with E-state index < -0.39 is 66.1 Å². The Labute approximate surface area is 541 Å². The lowest BCUT2D eigenvalue weighted by Crippen LogP contribution is -2.59. The zero-order valence-corrected chi connectivity index (χ0v) is 53.8. The Bertz CT molecular complexity index is 3020. The number of carbonyl (C=O) groups excluding carboxylic acids is 9. The summed E-state index contributed by atoms with van der Waals surface area (Å²) in [7, 11) is 3.34. The molecule has 22 heteroatoms. The lowest BCUT2D eigenvalue weighted by molar-refractivity contribution is -0.144. The van der Waals surface area contributed by atoms with Gasteiger partial charge in [-0.15, -0.1) is 0 Å². The van der Waals surface area contributed by atoms with E-state index >= 15 is 0 Å². The van der Waals surface area contributed by atoms with E-state index in [1.165, 1.54) is 0 Å². The molecule has 4 aliphatic heterocycles. The third-order valence-corrected chi connectivity index (χ3v) is 18.6. The standard InChI is InChI=1S/C70H96N12O10/c1-46(71-3)64(85)79-62-52(42-73-41-48-23-13-9-14-24-48)31-33-54-36-38-57(82(54)69(62)90)67(88)78-61(51-29-19-12-20-30-51)68(89)75-40-22-8-6-5-7-21-39-74-58(83)44-92-45-59(84)76-43-53-32-34-55-35-37-56(81(55)70(91)63(53)80-65(86)47(2)72-4)66(87)77-60(49-25-15-10-16-26-49)50-27-17-11-18-28-50/h9-20,23-30,46-47,52-57,60-63,71-73H,5-8,21-22,31-45H2,1-4H3,(H,74,83)(H,75,89)(H,76,84)(H,77,87)(H,78,88)(H,79,85)(H,80,86)/t46-,47-,52+,53+,54-,55-,56-,57-,61-,62-,63-/m0/s1. The minimum Gasteiger partial charge on any atom is -0.362 e. The Morgan fingerprint density at radius 1 is 0.478 bits per heavy atom. The van der Waals surface area contributed by atoms with Crippen LogP contribution in [-0.4, -0.2) is 165 Å². The lowest BCUT2D eigenvalue weighted by atomic mass is 9.92. The molecule has 0 radical (unpaired) electrons. The number of hydrogen-bond donors (Lipinski definition) is 10. The van der Waals surface area contributed by atoms with Crippen molar-refractivity contribution < 1.29 is 47.9 Å². The normalized spacial score (nSPS) is 22.1. The van der Waals surface area contributed by atoms with Crippen LogP contribution < -0.4 is 53.2 Å². The monoisotopic (exact) mass is 1260 g/mol. The van der Waals surface area contributed by atoms with Crippen molar-refractivity contribution in [1.82, 2.24) is 63.0 Å². The topological polar surface area (TPSA) is 290 Å². The molecule has 4 aliphatic rings. The highest BCUT2D eigenvalue weighted by atomic mass is 16.5. The number of hydrogen-bond acceptors (Lipinski definition) is 13. The van der Waals surface area contributed by atoms with Gasteiger partial charge in [0.2, 0.25) is 53.2 Å². The van der Waals surface area contributed by atoms with Crippen LogP contribution in [0.5, 0.6) is 0 Å². The molecule has 4 saturated heterocycles. The lowest BCUT2D eigenvalue weighted by Gasteiger charge is -2.33. The first-order valence-corrected chi connectivity index (χ1v) is 33.1. The first kappa shape index (κ1) is 69.8. The zero-order valence-electron chi connectivity index (χ0n) is 53.8. The van der Waals surface area contributed by atoms with E-state index in [0.717, 1.165) is 48.8 Å². The highest BCUT2D eigenvalue weighted by Crippen LogP contribution is 2.37. The average Bonchev–Trinajstić information content (AvgIpc) is 1.64. The average molecular weight is 1270 g/mol. The second-order valence-electron chi connectivity index (χ2n) is 24.9. The molecule has 11 atom stereocenters. The van der Waals surface area contributed by atoms with Crippen molar-refractivity contribution >= 4 is 53.2 Å². The molecule has 4 heterocycles. The Hall–Kier alpha value is -8.05. The Morgan fingerprint density at radius 3 is 1.40 bits per heavy atom. The summed E-state index contributed by atoms with van der Waals surface area (Å²) >= 11 is 0. The molecule has 0 saturated carbocycles. The van der Waals surface area contributed by atoms with Crippen LogP contribution in [0.2, 0.25) is 0 Å². The van der Waals surface area contributed by atoms with Crippen molar-refractivity contribution in [2.24, 2.45) is 11.8 Å². The molecule has 0 unspecified atom stereocenters. The summed E-state index contributed by atoms with van der Waals surface area (Å²) in [5.74, 6) is -3.90. The molecule has 0 spiro atoms. The van der Waals surface area contributed by atoms with Gasteiger partial charge in [-0.3, -0.25) is 43.2 Å². The largest absolute Gasteiger partial charge is 0.362 e. The van der Waals surface area contributed by atoms with Gasteiger partial charge in [0, 0.05) is 56.6 Å². The first-order chi connectivity index (χ1) is 44.6. The number of ether oxygens (including phenoxy) is 1. The highest BCUT2D eigenvalue weighted by molar-refractivity contribution is 5.97. The highest BCUT2D eigenvalue weighted by Gasteiger charge is 2.50. The molecule has 4 fully saturated rings. The molecule has 496 valence electrons. The zero-order chi connectivity index (χ0) is 65.4. The number of unbranched alkanes of at least 4 members (excludes halogenated alkanes) is 5. The van der Waals surface area contributed by atoms with Crippen molar-refractivity contribution in [1.29, 1.82) is 0 Å². The van der Waals surface area contributed by atoms with Gasteiger partial charge in [0.05, 0.1) is 18.1 Å². The predicted molar refractivity (Wildman–Crippen MR) is 350 cm³/mol. The molecule has 0 aromatic heterocycles. The molecule has 0 aliphatic carbocycles. The summed E-state index contributed by atoms with van der Waals surface area (Å²) in [5, 5.41) is 30.3. The number of fused-ring (bicyclic) bond motifs is 2. The van der Waals surface area contributed by atoms with Crippen molar-refractivity contribution in [2.45, 2.75) is 171 Å². The van der Waals surface area contributed by atoms with Gasteiger partial charge in [-0.1, -0.05) is 147 Å². The second-order valence-corrected chi connectivity index (χ2v) is 24.9. The van der Waals surface area contributed by atoms with Gasteiger partial charge in [-0.2, -0.15) is 0 Å². The molecule has 9 amide bonds. The summed E-state index contributed by atoms with van der Waals surface area (Å²) in [5.41, 5.74) is 3.53. The van der Waals surface area contributed by atoms with E-state index in [1.807, 2.05) is 109 Å². The van der Waals surface area contributed by atoms with Gasteiger partial charge >= 0.3 is 0 Å². The van der Waals surface area contributed by atoms with Crippen molar-refractivity contribution in [3.8, 4) is 0 Å². The molecule has 10 N–H and O–H groups in total. The minimum atomic E-state index is -1.01. The number of likely N-dealkylation sites (N-methyl/N-ethyl adjacent to an activating group) is 2. The Morgan fingerprint density at radius 2 is 0.902 bits per heavy atom. The van der Waals surface area contributed by atoms with E-state index in [0.29, 0.717) is 89.5 Å². The molecule has 8 rings (SSSR count). The van der Waals surface area contributed by atoms with Gasteiger partial charge in [-0.05, 0) is 114 Å². The summed E-state index contributed by atoms with van der Waals surface area (Å²) in [6.07, 6.45) is 9.59.